The molecular formula is C16H26O3. The van der Waals surface area contributed by atoms with Crippen LogP contribution in [0, 0.1) is 17.3 Å². The first kappa shape index (κ1) is 13.4. The molecule has 2 saturated carbocycles. The minimum absolute atomic E-state index is 0.137. The summed E-state index contributed by atoms with van der Waals surface area (Å²) in [5, 5.41) is 9.89. The normalized spacial score (nSPS) is 46.6. The first-order valence-corrected chi connectivity index (χ1v) is 7.90. The Bertz CT molecular complexity index is 374. The van der Waals surface area contributed by atoms with Crippen molar-refractivity contribution in [3.63, 3.8) is 0 Å². The predicted octanol–water partition coefficient (Wildman–Crippen LogP) is 3.62. The van der Waals surface area contributed by atoms with E-state index >= 15 is 0 Å². The second-order valence-corrected chi connectivity index (χ2v) is 7.22. The van der Waals surface area contributed by atoms with Crippen LogP contribution in [0.25, 0.3) is 0 Å². The van der Waals surface area contributed by atoms with Gasteiger partial charge in [0.2, 0.25) is 0 Å². The van der Waals surface area contributed by atoms with Crippen LogP contribution in [0.5, 0.6) is 0 Å². The molecule has 4 atom stereocenters. The van der Waals surface area contributed by atoms with Gasteiger partial charge in [0.25, 0.3) is 0 Å². The minimum Gasteiger partial charge on any atom is -0.481 e. The van der Waals surface area contributed by atoms with Gasteiger partial charge in [-0.1, -0.05) is 39.0 Å². The number of aliphatic carboxylic acids is 1. The van der Waals surface area contributed by atoms with Crippen molar-refractivity contribution < 1.29 is 14.6 Å². The lowest BCUT2D eigenvalue weighted by atomic mass is 9.58. The Labute approximate surface area is 115 Å². The number of hydrogen-bond acceptors (Lipinski definition) is 2. The Kier molecular flexibility index (Phi) is 3.16. The summed E-state index contributed by atoms with van der Waals surface area (Å²) in [5.74, 6) is 0.171. The zero-order chi connectivity index (χ0) is 13.7. The summed E-state index contributed by atoms with van der Waals surface area (Å²) in [6.07, 6.45) is 9.27. The van der Waals surface area contributed by atoms with Crippen molar-refractivity contribution in [3.8, 4) is 0 Å². The maximum atomic E-state index is 12.0. The van der Waals surface area contributed by atoms with E-state index in [0.717, 1.165) is 19.3 Å². The van der Waals surface area contributed by atoms with Crippen molar-refractivity contribution in [2.75, 3.05) is 0 Å². The maximum Gasteiger partial charge on any atom is 0.310 e. The Morgan fingerprint density at radius 1 is 1.26 bits per heavy atom. The zero-order valence-electron chi connectivity index (χ0n) is 12.2. The van der Waals surface area contributed by atoms with Gasteiger partial charge in [0, 0.05) is 5.92 Å². The van der Waals surface area contributed by atoms with E-state index in [4.69, 9.17) is 4.74 Å². The van der Waals surface area contributed by atoms with Gasteiger partial charge in [0.15, 0.2) is 0 Å². The van der Waals surface area contributed by atoms with E-state index in [-0.39, 0.29) is 11.5 Å². The standard InChI is InChI=1S/C16H26O3/c1-11-15(2)13(19-15)8-9-16(11,14(17)18)10-12-6-4-3-5-7-12/h11-13H,3-10H2,1-2H3,(H,17,18). The van der Waals surface area contributed by atoms with Crippen LogP contribution in [0.1, 0.15) is 65.2 Å². The number of epoxide rings is 1. The molecule has 0 amide bonds. The smallest absolute Gasteiger partial charge is 0.310 e. The molecule has 3 aliphatic rings. The lowest BCUT2D eigenvalue weighted by Crippen LogP contribution is -2.48. The van der Waals surface area contributed by atoms with Gasteiger partial charge in [-0.3, -0.25) is 4.79 Å². The quantitative estimate of drug-likeness (QED) is 0.794. The molecule has 4 unspecified atom stereocenters. The molecule has 1 saturated heterocycles. The molecule has 0 aromatic carbocycles. The van der Waals surface area contributed by atoms with E-state index in [2.05, 4.69) is 13.8 Å². The molecule has 3 rings (SSSR count). The fraction of sp³-hybridized carbons (Fsp3) is 0.938. The summed E-state index contributed by atoms with van der Waals surface area (Å²) in [7, 11) is 0. The van der Waals surface area contributed by atoms with Crippen molar-refractivity contribution >= 4 is 5.97 Å². The number of fused-ring (bicyclic) bond motifs is 1. The molecule has 0 radical (unpaired) electrons. The largest absolute Gasteiger partial charge is 0.481 e. The Morgan fingerprint density at radius 2 is 1.95 bits per heavy atom. The highest BCUT2D eigenvalue weighted by Gasteiger charge is 2.67. The van der Waals surface area contributed by atoms with Crippen LogP contribution in [-0.2, 0) is 9.53 Å². The second kappa shape index (κ2) is 4.47. The molecule has 3 heteroatoms. The van der Waals surface area contributed by atoms with Crippen LogP contribution in [0.3, 0.4) is 0 Å². The highest BCUT2D eigenvalue weighted by Crippen LogP contribution is 2.60. The van der Waals surface area contributed by atoms with E-state index in [9.17, 15) is 9.90 Å². The maximum absolute atomic E-state index is 12.0. The van der Waals surface area contributed by atoms with Gasteiger partial charge >= 0.3 is 5.97 Å². The van der Waals surface area contributed by atoms with Gasteiger partial charge in [-0.05, 0) is 32.1 Å². The highest BCUT2D eigenvalue weighted by atomic mass is 16.6. The molecule has 1 heterocycles. The number of carbonyl (C=O) groups is 1. The van der Waals surface area contributed by atoms with Crippen LogP contribution >= 0.6 is 0 Å². The van der Waals surface area contributed by atoms with Crippen molar-refractivity contribution in [2.24, 2.45) is 17.3 Å². The average molecular weight is 266 g/mol. The Hall–Kier alpha value is -0.570. The van der Waals surface area contributed by atoms with Crippen molar-refractivity contribution in [1.82, 2.24) is 0 Å². The highest BCUT2D eigenvalue weighted by molar-refractivity contribution is 5.75. The van der Waals surface area contributed by atoms with Crippen molar-refractivity contribution in [3.05, 3.63) is 0 Å². The summed E-state index contributed by atoms with van der Waals surface area (Å²) in [4.78, 5) is 12.0. The predicted molar refractivity (Wildman–Crippen MR) is 72.9 cm³/mol. The van der Waals surface area contributed by atoms with E-state index in [0.29, 0.717) is 12.0 Å². The van der Waals surface area contributed by atoms with Gasteiger partial charge < -0.3 is 9.84 Å². The molecule has 1 N–H and O–H groups in total. The summed E-state index contributed by atoms with van der Waals surface area (Å²) in [5.41, 5.74) is -0.699. The van der Waals surface area contributed by atoms with Gasteiger partial charge in [-0.15, -0.1) is 0 Å². The number of carboxylic acids is 1. The number of rotatable bonds is 3. The molecule has 3 fully saturated rings. The van der Waals surface area contributed by atoms with Crippen LogP contribution in [0.15, 0.2) is 0 Å². The molecule has 2 aliphatic carbocycles. The van der Waals surface area contributed by atoms with E-state index in [1.807, 2.05) is 0 Å². The molecule has 19 heavy (non-hydrogen) atoms. The Balaban J connectivity index is 1.80. The Morgan fingerprint density at radius 3 is 2.58 bits per heavy atom. The minimum atomic E-state index is -0.583. The van der Waals surface area contributed by atoms with Gasteiger partial charge in [0.05, 0.1) is 17.1 Å². The van der Waals surface area contributed by atoms with E-state index in [1.165, 1.54) is 32.1 Å². The average Bonchev–Trinajstić information content (AvgIpc) is 3.07. The van der Waals surface area contributed by atoms with E-state index < -0.39 is 11.4 Å². The molecular weight excluding hydrogens is 240 g/mol. The van der Waals surface area contributed by atoms with Crippen LogP contribution in [0.2, 0.25) is 0 Å². The number of ether oxygens (including phenoxy) is 1. The first-order valence-electron chi connectivity index (χ1n) is 7.90. The van der Waals surface area contributed by atoms with Crippen molar-refractivity contribution in [1.29, 1.82) is 0 Å². The molecule has 1 aliphatic heterocycles. The molecule has 0 aromatic heterocycles. The third-order valence-corrected chi connectivity index (χ3v) is 6.32. The first-order chi connectivity index (χ1) is 8.99. The lowest BCUT2D eigenvalue weighted by molar-refractivity contribution is -0.157. The summed E-state index contributed by atoms with van der Waals surface area (Å²) in [6.45, 7) is 4.22. The van der Waals surface area contributed by atoms with Crippen LogP contribution in [-0.4, -0.2) is 22.8 Å². The van der Waals surface area contributed by atoms with E-state index in [1.54, 1.807) is 0 Å². The molecule has 0 bridgehead atoms. The fourth-order valence-electron chi connectivity index (χ4n) is 4.72. The summed E-state index contributed by atoms with van der Waals surface area (Å²) >= 11 is 0. The molecule has 108 valence electrons. The summed E-state index contributed by atoms with van der Waals surface area (Å²) < 4.78 is 5.81. The molecule has 3 nitrogen and oxygen atoms in total. The third-order valence-electron chi connectivity index (χ3n) is 6.32. The second-order valence-electron chi connectivity index (χ2n) is 7.22. The molecule has 0 aromatic rings. The SMILES string of the molecule is CC1C(CC2CCCCC2)(C(=O)O)CCC2OC21C. The summed E-state index contributed by atoms with van der Waals surface area (Å²) in [6, 6.07) is 0. The van der Waals surface area contributed by atoms with Crippen LogP contribution in [0.4, 0.5) is 0 Å². The van der Waals surface area contributed by atoms with Gasteiger partial charge in [0.1, 0.15) is 0 Å². The number of hydrogen-bond donors (Lipinski definition) is 1. The molecule has 0 spiro atoms. The van der Waals surface area contributed by atoms with Crippen LogP contribution < -0.4 is 0 Å². The van der Waals surface area contributed by atoms with Gasteiger partial charge in [-0.25, -0.2) is 0 Å². The topological polar surface area (TPSA) is 49.8 Å². The van der Waals surface area contributed by atoms with Gasteiger partial charge in [-0.2, -0.15) is 0 Å². The van der Waals surface area contributed by atoms with Crippen molar-refractivity contribution in [2.45, 2.75) is 76.9 Å². The third kappa shape index (κ3) is 2.01. The fourth-order valence-corrected chi connectivity index (χ4v) is 4.72. The zero-order valence-corrected chi connectivity index (χ0v) is 12.2. The lowest BCUT2D eigenvalue weighted by Gasteiger charge is -2.43. The monoisotopic (exact) mass is 266 g/mol. The number of carboxylic acid groups (broad SMARTS) is 1.